The molecule has 3 rings (SSSR count). The molecule has 4 nitrogen and oxygen atoms in total. The zero-order chi connectivity index (χ0) is 15.0. The molecule has 110 valence electrons. The summed E-state index contributed by atoms with van der Waals surface area (Å²) in [5.74, 6) is -2.12. The van der Waals surface area contributed by atoms with E-state index in [4.69, 9.17) is 11.6 Å². The summed E-state index contributed by atoms with van der Waals surface area (Å²) in [6.45, 7) is 0.322. The maximum absolute atomic E-state index is 12.4. The lowest BCUT2D eigenvalue weighted by Gasteiger charge is -2.23. The quantitative estimate of drug-likeness (QED) is 0.840. The maximum atomic E-state index is 12.4. The van der Waals surface area contributed by atoms with Crippen LogP contribution in [0.3, 0.4) is 0 Å². The molecule has 1 saturated carbocycles. The fourth-order valence-electron chi connectivity index (χ4n) is 3.46. The number of nitrogens with one attached hydrogen (secondary N) is 1. The number of rotatable bonds is 4. The molecular weight excluding hydrogens is 290 g/mol. The van der Waals surface area contributed by atoms with Gasteiger partial charge in [0.25, 0.3) is 0 Å². The molecule has 1 aromatic carbocycles. The standard InChI is InChI=1S/C16H16ClNO3/c17-12-4-2-1-3-11(12)8-18-15(19)13-9-5-6-10(7-9)14(13)16(20)21/h1-6,9-10,13-14H,7-8H2,(H,18,19)(H,20,21)/t9-,10+,13-,14+/m1/s1. The SMILES string of the molecule is O=C(O)[C@@H]1[C@H](C(=O)NCc2ccccc2Cl)[C@@H]2C=C[C@H]1C2. The molecule has 0 spiro atoms. The number of aliphatic carboxylic acids is 1. The van der Waals surface area contributed by atoms with E-state index in [9.17, 15) is 14.7 Å². The number of benzene rings is 1. The Balaban J connectivity index is 1.69. The Hall–Kier alpha value is -1.81. The van der Waals surface area contributed by atoms with Crippen molar-refractivity contribution >= 4 is 23.5 Å². The van der Waals surface area contributed by atoms with Gasteiger partial charge in [-0.2, -0.15) is 0 Å². The van der Waals surface area contributed by atoms with Crippen molar-refractivity contribution < 1.29 is 14.7 Å². The molecule has 1 aromatic rings. The van der Waals surface area contributed by atoms with Crippen LogP contribution in [0.2, 0.25) is 5.02 Å². The van der Waals surface area contributed by atoms with Crippen LogP contribution in [0.1, 0.15) is 12.0 Å². The van der Waals surface area contributed by atoms with Gasteiger partial charge in [-0.15, -0.1) is 0 Å². The summed E-state index contributed by atoms with van der Waals surface area (Å²) in [5, 5.41) is 12.8. The first-order valence-corrected chi connectivity index (χ1v) is 7.38. The lowest BCUT2D eigenvalue weighted by Crippen LogP contribution is -2.39. The third-order valence-corrected chi connectivity index (χ3v) is 4.83. The summed E-state index contributed by atoms with van der Waals surface area (Å²) in [4.78, 5) is 23.8. The number of fused-ring (bicyclic) bond motifs is 2. The summed E-state index contributed by atoms with van der Waals surface area (Å²) in [7, 11) is 0. The van der Waals surface area contributed by atoms with E-state index in [1.54, 1.807) is 6.07 Å². The van der Waals surface area contributed by atoms with Gasteiger partial charge in [-0.05, 0) is 29.9 Å². The maximum Gasteiger partial charge on any atom is 0.307 e. The van der Waals surface area contributed by atoms with Crippen LogP contribution in [0.25, 0.3) is 0 Å². The first-order valence-electron chi connectivity index (χ1n) is 7.00. The van der Waals surface area contributed by atoms with Gasteiger partial charge in [-0.1, -0.05) is 42.0 Å². The fraction of sp³-hybridized carbons (Fsp3) is 0.375. The molecular formula is C16H16ClNO3. The summed E-state index contributed by atoms with van der Waals surface area (Å²) in [6, 6.07) is 7.30. The van der Waals surface area contributed by atoms with Crippen LogP contribution in [0, 0.1) is 23.7 Å². The monoisotopic (exact) mass is 305 g/mol. The summed E-state index contributed by atoms with van der Waals surface area (Å²) < 4.78 is 0. The van der Waals surface area contributed by atoms with Crippen LogP contribution in [0.5, 0.6) is 0 Å². The molecule has 4 atom stereocenters. The van der Waals surface area contributed by atoms with Crippen molar-refractivity contribution in [3.8, 4) is 0 Å². The molecule has 21 heavy (non-hydrogen) atoms. The van der Waals surface area contributed by atoms with Gasteiger partial charge in [0.05, 0.1) is 11.8 Å². The zero-order valence-corrected chi connectivity index (χ0v) is 12.1. The molecule has 0 heterocycles. The topological polar surface area (TPSA) is 66.4 Å². The van der Waals surface area contributed by atoms with E-state index < -0.39 is 17.8 Å². The lowest BCUT2D eigenvalue weighted by molar-refractivity contribution is -0.147. The van der Waals surface area contributed by atoms with Crippen molar-refractivity contribution in [2.75, 3.05) is 0 Å². The molecule has 0 radical (unpaired) electrons. The first-order chi connectivity index (χ1) is 10.1. The lowest BCUT2D eigenvalue weighted by atomic mass is 9.82. The third-order valence-electron chi connectivity index (χ3n) is 4.46. The van der Waals surface area contributed by atoms with E-state index in [0.29, 0.717) is 11.6 Å². The van der Waals surface area contributed by atoms with Crippen molar-refractivity contribution in [2.24, 2.45) is 23.7 Å². The highest BCUT2D eigenvalue weighted by molar-refractivity contribution is 6.31. The number of amides is 1. The van der Waals surface area contributed by atoms with Gasteiger partial charge >= 0.3 is 5.97 Å². The normalized spacial score (nSPS) is 29.6. The van der Waals surface area contributed by atoms with E-state index >= 15 is 0 Å². The predicted molar refractivity (Wildman–Crippen MR) is 78.7 cm³/mol. The van der Waals surface area contributed by atoms with Crippen LogP contribution in [-0.4, -0.2) is 17.0 Å². The number of carboxylic acids is 1. The number of halogens is 1. The fourth-order valence-corrected chi connectivity index (χ4v) is 3.66. The Labute approximate surface area is 127 Å². The molecule has 5 heteroatoms. The van der Waals surface area contributed by atoms with Crippen molar-refractivity contribution in [2.45, 2.75) is 13.0 Å². The second kappa shape index (κ2) is 5.53. The number of carboxylic acid groups (broad SMARTS) is 1. The number of allylic oxidation sites excluding steroid dienone is 2. The van der Waals surface area contributed by atoms with Gasteiger partial charge in [0.2, 0.25) is 5.91 Å². The van der Waals surface area contributed by atoms with Crippen molar-refractivity contribution in [3.63, 3.8) is 0 Å². The third kappa shape index (κ3) is 2.56. The average Bonchev–Trinajstić information content (AvgIpc) is 3.06. The molecule has 0 saturated heterocycles. The molecule has 2 aliphatic rings. The second-order valence-corrected chi connectivity index (χ2v) is 6.05. The number of hydrogen-bond donors (Lipinski definition) is 2. The second-order valence-electron chi connectivity index (χ2n) is 5.65. The van der Waals surface area contributed by atoms with E-state index in [0.717, 1.165) is 12.0 Å². The minimum atomic E-state index is -0.884. The van der Waals surface area contributed by atoms with Crippen molar-refractivity contribution in [1.29, 1.82) is 0 Å². The van der Waals surface area contributed by atoms with E-state index in [2.05, 4.69) is 5.32 Å². The minimum Gasteiger partial charge on any atom is -0.481 e. The highest BCUT2D eigenvalue weighted by Gasteiger charge is 2.51. The number of hydrogen-bond acceptors (Lipinski definition) is 2. The number of carbonyl (C=O) groups excluding carboxylic acids is 1. The molecule has 2 N–H and O–H groups in total. The van der Waals surface area contributed by atoms with Crippen LogP contribution < -0.4 is 5.32 Å². The smallest absolute Gasteiger partial charge is 0.307 e. The Morgan fingerprint density at radius 3 is 2.52 bits per heavy atom. The summed E-state index contributed by atoms with van der Waals surface area (Å²) in [6.07, 6.45) is 4.67. The molecule has 0 aliphatic heterocycles. The van der Waals surface area contributed by atoms with Gasteiger partial charge in [0, 0.05) is 11.6 Å². The first kappa shape index (κ1) is 14.1. The highest BCUT2D eigenvalue weighted by Crippen LogP contribution is 2.48. The Morgan fingerprint density at radius 2 is 1.86 bits per heavy atom. The van der Waals surface area contributed by atoms with Crippen LogP contribution in [0.15, 0.2) is 36.4 Å². The minimum absolute atomic E-state index is 0.0106. The summed E-state index contributed by atoms with van der Waals surface area (Å²) in [5.41, 5.74) is 0.832. The highest BCUT2D eigenvalue weighted by atomic mass is 35.5. The average molecular weight is 306 g/mol. The van der Waals surface area contributed by atoms with E-state index in [-0.39, 0.29) is 17.7 Å². The van der Waals surface area contributed by atoms with Crippen LogP contribution in [-0.2, 0) is 16.1 Å². The Bertz CT molecular complexity index is 613. The van der Waals surface area contributed by atoms with Gasteiger partial charge < -0.3 is 10.4 Å². The van der Waals surface area contributed by atoms with Gasteiger partial charge in [0.1, 0.15) is 0 Å². The van der Waals surface area contributed by atoms with Crippen molar-refractivity contribution in [1.82, 2.24) is 5.32 Å². The largest absolute Gasteiger partial charge is 0.481 e. The summed E-state index contributed by atoms with van der Waals surface area (Å²) >= 11 is 6.05. The molecule has 0 unspecified atom stereocenters. The van der Waals surface area contributed by atoms with Gasteiger partial charge in [-0.3, -0.25) is 9.59 Å². The number of carbonyl (C=O) groups is 2. The molecule has 1 amide bonds. The van der Waals surface area contributed by atoms with Gasteiger partial charge in [-0.25, -0.2) is 0 Å². The Kier molecular flexibility index (Phi) is 3.72. The van der Waals surface area contributed by atoms with Crippen LogP contribution >= 0.6 is 11.6 Å². The van der Waals surface area contributed by atoms with Crippen LogP contribution in [0.4, 0.5) is 0 Å². The Morgan fingerprint density at radius 1 is 1.19 bits per heavy atom. The van der Waals surface area contributed by atoms with Crippen molar-refractivity contribution in [3.05, 3.63) is 47.0 Å². The van der Waals surface area contributed by atoms with E-state index in [1.807, 2.05) is 30.4 Å². The molecule has 0 aromatic heterocycles. The molecule has 1 fully saturated rings. The zero-order valence-electron chi connectivity index (χ0n) is 11.3. The molecule has 2 aliphatic carbocycles. The van der Waals surface area contributed by atoms with Gasteiger partial charge in [0.15, 0.2) is 0 Å². The predicted octanol–water partition coefficient (Wildman–Crippen LogP) is 2.48. The van der Waals surface area contributed by atoms with E-state index in [1.165, 1.54) is 0 Å². The molecule has 2 bridgehead atoms.